The Morgan fingerprint density at radius 1 is 1.00 bits per heavy atom. The van der Waals surface area contributed by atoms with Crippen molar-refractivity contribution < 1.29 is 9.47 Å². The van der Waals surface area contributed by atoms with Gasteiger partial charge in [0.05, 0.1) is 0 Å². The third kappa shape index (κ3) is 7.41. The van der Waals surface area contributed by atoms with Crippen LogP contribution in [0.2, 0.25) is 0 Å². The van der Waals surface area contributed by atoms with Gasteiger partial charge >= 0.3 is 0 Å². The highest BCUT2D eigenvalue weighted by atomic mass is 127. The summed E-state index contributed by atoms with van der Waals surface area (Å²) in [5.74, 6) is 1.51. The maximum absolute atomic E-state index is 8.02. The molecule has 2 aliphatic rings. The third-order valence-corrected chi connectivity index (χ3v) is 4.55. The summed E-state index contributed by atoms with van der Waals surface area (Å²) >= 11 is 2.45. The Morgan fingerprint density at radius 2 is 1.50 bits per heavy atom. The second-order valence-corrected chi connectivity index (χ2v) is 5.56. The number of halogens is 1. The zero-order valence-corrected chi connectivity index (χ0v) is 12.9. The van der Waals surface area contributed by atoms with E-state index in [1.807, 2.05) is 0 Å². The van der Waals surface area contributed by atoms with Gasteiger partial charge in [-0.25, -0.2) is 0 Å². The van der Waals surface area contributed by atoms with Crippen molar-refractivity contribution in [3.8, 4) is 0 Å². The third-order valence-electron chi connectivity index (χ3n) is 3.30. The van der Waals surface area contributed by atoms with E-state index in [1.54, 1.807) is 0 Å². The lowest BCUT2D eigenvalue weighted by atomic mass is 10.0. The Hall–Kier alpha value is -0.0400. The molecule has 18 heavy (non-hydrogen) atoms. The number of rotatable bonds is 3. The van der Waals surface area contributed by atoms with Crippen LogP contribution in [0, 0.1) is 11.8 Å². The summed E-state index contributed by atoms with van der Waals surface area (Å²) in [5, 5.41) is 3.52. The van der Waals surface area contributed by atoms with Crippen LogP contribution in [0.15, 0.2) is 5.11 Å². The van der Waals surface area contributed by atoms with Crippen molar-refractivity contribution in [3.63, 3.8) is 0 Å². The van der Waals surface area contributed by atoms with Crippen LogP contribution in [0.3, 0.4) is 0 Å². The largest absolute Gasteiger partial charge is 0.381 e. The molecule has 104 valence electrons. The van der Waals surface area contributed by atoms with Gasteiger partial charge in [0.15, 0.2) is 0 Å². The standard InChI is InChI=1S/C6H11IO.C6H11N3O/c7-5-6-1-3-8-4-2-6;7-9-8-5-6-1-3-10-4-2-6/h6H,1-5H2;6H,1-5H2. The van der Waals surface area contributed by atoms with Crippen molar-refractivity contribution in [1.82, 2.24) is 0 Å². The van der Waals surface area contributed by atoms with Gasteiger partial charge in [0.1, 0.15) is 0 Å². The predicted molar refractivity (Wildman–Crippen MR) is 80.0 cm³/mol. The lowest BCUT2D eigenvalue weighted by Crippen LogP contribution is -2.17. The molecular formula is C12H22IN3O2. The number of hydrogen-bond donors (Lipinski definition) is 0. The molecule has 0 aliphatic carbocycles. The van der Waals surface area contributed by atoms with Crippen molar-refractivity contribution in [2.75, 3.05) is 37.4 Å². The summed E-state index contributed by atoms with van der Waals surface area (Å²) in [6.07, 6.45) is 4.64. The number of alkyl halides is 1. The normalized spacial score (nSPS) is 21.6. The van der Waals surface area contributed by atoms with Crippen molar-refractivity contribution in [1.29, 1.82) is 0 Å². The maximum Gasteiger partial charge on any atom is 0.0468 e. The summed E-state index contributed by atoms with van der Waals surface area (Å²) in [4.78, 5) is 2.71. The molecule has 2 rings (SSSR count). The van der Waals surface area contributed by atoms with Gasteiger partial charge in [-0.1, -0.05) is 27.7 Å². The van der Waals surface area contributed by atoms with E-state index in [0.717, 1.165) is 45.2 Å². The molecule has 2 fully saturated rings. The van der Waals surface area contributed by atoms with Crippen LogP contribution in [0.1, 0.15) is 25.7 Å². The minimum absolute atomic E-state index is 0.560. The molecule has 2 heterocycles. The summed E-state index contributed by atoms with van der Waals surface area (Å²) < 4.78 is 11.6. The smallest absolute Gasteiger partial charge is 0.0468 e. The van der Waals surface area contributed by atoms with E-state index >= 15 is 0 Å². The van der Waals surface area contributed by atoms with Crippen LogP contribution in [-0.2, 0) is 9.47 Å². The van der Waals surface area contributed by atoms with Crippen LogP contribution in [0.25, 0.3) is 10.4 Å². The molecule has 0 aromatic carbocycles. The zero-order valence-electron chi connectivity index (χ0n) is 10.8. The van der Waals surface area contributed by atoms with Crippen LogP contribution in [-0.4, -0.2) is 37.4 Å². The van der Waals surface area contributed by atoms with Gasteiger partial charge in [0, 0.05) is 42.3 Å². The first-order chi connectivity index (χ1) is 8.86. The Labute approximate surface area is 122 Å². The molecule has 0 saturated carbocycles. The Balaban J connectivity index is 0.000000184. The molecule has 2 aliphatic heterocycles. The fourth-order valence-electron chi connectivity index (χ4n) is 1.98. The highest BCUT2D eigenvalue weighted by molar-refractivity contribution is 14.1. The monoisotopic (exact) mass is 367 g/mol. The van der Waals surface area contributed by atoms with Gasteiger partial charge in [-0.2, -0.15) is 0 Å². The van der Waals surface area contributed by atoms with Crippen molar-refractivity contribution >= 4 is 22.6 Å². The quantitative estimate of drug-likeness (QED) is 0.252. The van der Waals surface area contributed by atoms with Gasteiger partial charge in [0.2, 0.25) is 0 Å². The van der Waals surface area contributed by atoms with Gasteiger partial charge in [-0.3, -0.25) is 0 Å². The van der Waals surface area contributed by atoms with E-state index in [-0.39, 0.29) is 0 Å². The molecule has 2 saturated heterocycles. The number of nitrogens with zero attached hydrogens (tertiary/aromatic N) is 3. The van der Waals surface area contributed by atoms with E-state index in [2.05, 4.69) is 32.6 Å². The average Bonchev–Trinajstić information content (AvgIpc) is 2.48. The molecule has 0 amide bonds. The number of ether oxygens (including phenoxy) is 2. The van der Waals surface area contributed by atoms with E-state index in [4.69, 9.17) is 15.0 Å². The molecule has 0 N–H and O–H groups in total. The first-order valence-corrected chi connectivity index (χ1v) is 8.11. The molecule has 0 spiro atoms. The minimum Gasteiger partial charge on any atom is -0.381 e. The summed E-state index contributed by atoms with van der Waals surface area (Å²) in [5.41, 5.74) is 8.02. The molecule has 0 aromatic rings. The highest BCUT2D eigenvalue weighted by Crippen LogP contribution is 2.16. The van der Waals surface area contributed by atoms with E-state index in [0.29, 0.717) is 12.5 Å². The van der Waals surface area contributed by atoms with Gasteiger partial charge in [-0.05, 0) is 43.1 Å². The fraction of sp³-hybridized carbons (Fsp3) is 1.00. The van der Waals surface area contributed by atoms with Crippen molar-refractivity contribution in [3.05, 3.63) is 10.4 Å². The van der Waals surface area contributed by atoms with Gasteiger partial charge in [0.25, 0.3) is 0 Å². The molecule has 0 aromatic heterocycles. The van der Waals surface area contributed by atoms with Gasteiger partial charge < -0.3 is 9.47 Å². The Kier molecular flexibility index (Phi) is 9.65. The molecule has 0 unspecified atom stereocenters. The highest BCUT2D eigenvalue weighted by Gasteiger charge is 2.12. The molecule has 6 heteroatoms. The van der Waals surface area contributed by atoms with Crippen LogP contribution >= 0.6 is 22.6 Å². The second kappa shape index (κ2) is 10.8. The molecule has 5 nitrogen and oxygen atoms in total. The summed E-state index contributed by atoms with van der Waals surface area (Å²) in [6.45, 7) is 4.28. The van der Waals surface area contributed by atoms with Crippen LogP contribution < -0.4 is 0 Å². The number of azide groups is 1. The summed E-state index contributed by atoms with van der Waals surface area (Å²) in [7, 11) is 0. The van der Waals surface area contributed by atoms with Crippen LogP contribution in [0.4, 0.5) is 0 Å². The molecule has 0 atom stereocenters. The summed E-state index contributed by atoms with van der Waals surface area (Å²) in [6, 6.07) is 0. The SMILES string of the molecule is ICC1CCOCC1.[N-]=[N+]=NCC1CCOCC1. The van der Waals surface area contributed by atoms with E-state index in [9.17, 15) is 0 Å². The molecular weight excluding hydrogens is 345 g/mol. The lowest BCUT2D eigenvalue weighted by Gasteiger charge is -2.19. The minimum atomic E-state index is 0.560. The predicted octanol–water partition coefficient (Wildman–Crippen LogP) is 3.57. The Morgan fingerprint density at radius 3 is 1.89 bits per heavy atom. The second-order valence-electron chi connectivity index (χ2n) is 4.68. The molecule has 0 bridgehead atoms. The Bertz CT molecular complexity index is 248. The topological polar surface area (TPSA) is 67.2 Å². The first kappa shape index (κ1) is 16.0. The van der Waals surface area contributed by atoms with Crippen molar-refractivity contribution in [2.45, 2.75) is 25.7 Å². The van der Waals surface area contributed by atoms with Gasteiger partial charge in [-0.15, -0.1) is 0 Å². The number of hydrogen-bond acceptors (Lipinski definition) is 3. The van der Waals surface area contributed by atoms with E-state index in [1.165, 1.54) is 17.3 Å². The maximum atomic E-state index is 8.02. The lowest BCUT2D eigenvalue weighted by molar-refractivity contribution is 0.0688. The van der Waals surface area contributed by atoms with Crippen molar-refractivity contribution in [2.24, 2.45) is 17.0 Å². The first-order valence-electron chi connectivity index (χ1n) is 6.59. The molecule has 0 radical (unpaired) electrons. The van der Waals surface area contributed by atoms with Crippen LogP contribution in [0.5, 0.6) is 0 Å². The fourth-order valence-corrected chi connectivity index (χ4v) is 2.86. The zero-order chi connectivity index (χ0) is 13.1. The average molecular weight is 367 g/mol. The van der Waals surface area contributed by atoms with E-state index < -0.39 is 0 Å².